The Hall–Kier alpha value is -3.04. The summed E-state index contributed by atoms with van der Waals surface area (Å²) in [5, 5.41) is 0. The Balaban J connectivity index is 1.45. The second-order valence-electron chi connectivity index (χ2n) is 7.81. The number of piperazine rings is 1. The maximum Gasteiger partial charge on any atom is 0.246 e. The van der Waals surface area contributed by atoms with E-state index in [1.807, 2.05) is 30.3 Å². The molecular formula is C23H24FN3O4S. The quantitative estimate of drug-likeness (QED) is 0.707. The molecule has 32 heavy (non-hydrogen) atoms. The summed E-state index contributed by atoms with van der Waals surface area (Å²) in [6.07, 6.45) is 3.65. The summed E-state index contributed by atoms with van der Waals surface area (Å²) in [5.74, 6) is -1.11. The number of hydrogen-bond donors (Lipinski definition) is 0. The first-order valence-corrected chi connectivity index (χ1v) is 11.8. The number of carbonyl (C=O) groups excluding carboxylic acids is 2. The number of rotatable bonds is 4. The van der Waals surface area contributed by atoms with Gasteiger partial charge >= 0.3 is 0 Å². The molecule has 2 aliphatic heterocycles. The van der Waals surface area contributed by atoms with E-state index in [0.29, 0.717) is 0 Å². The summed E-state index contributed by atoms with van der Waals surface area (Å²) < 4.78 is 40.8. The van der Waals surface area contributed by atoms with Crippen LogP contribution in [0, 0.1) is 5.82 Å². The molecule has 2 amide bonds. The Kier molecular flexibility index (Phi) is 6.12. The van der Waals surface area contributed by atoms with E-state index < -0.39 is 21.9 Å². The SMILES string of the molecule is CC(=O)N1C=Cc2ccccc2[C@@H]1CC(=O)N1CCN(S(=O)(=O)c2ccccc2F)CC1. The number of benzene rings is 2. The molecule has 7 nitrogen and oxygen atoms in total. The van der Waals surface area contributed by atoms with Crippen LogP contribution in [0.2, 0.25) is 0 Å². The van der Waals surface area contributed by atoms with Crippen molar-refractivity contribution in [1.29, 1.82) is 0 Å². The minimum Gasteiger partial charge on any atom is -0.340 e. The number of hydrogen-bond acceptors (Lipinski definition) is 4. The Morgan fingerprint density at radius 2 is 1.66 bits per heavy atom. The van der Waals surface area contributed by atoms with Gasteiger partial charge < -0.3 is 9.80 Å². The number of sulfonamides is 1. The van der Waals surface area contributed by atoms with Gasteiger partial charge in [-0.25, -0.2) is 12.8 Å². The Bertz CT molecular complexity index is 1170. The molecule has 0 N–H and O–H groups in total. The van der Waals surface area contributed by atoms with E-state index in [1.165, 1.54) is 29.4 Å². The zero-order chi connectivity index (χ0) is 22.9. The van der Waals surface area contributed by atoms with E-state index in [0.717, 1.165) is 17.2 Å². The van der Waals surface area contributed by atoms with Crippen LogP contribution in [-0.4, -0.2) is 60.5 Å². The number of halogens is 1. The van der Waals surface area contributed by atoms with Crippen molar-refractivity contribution in [3.8, 4) is 0 Å². The van der Waals surface area contributed by atoms with Crippen LogP contribution in [0.15, 0.2) is 59.6 Å². The molecule has 0 aromatic heterocycles. The highest BCUT2D eigenvalue weighted by molar-refractivity contribution is 7.89. The molecule has 1 atom stereocenters. The minimum absolute atomic E-state index is 0.0833. The van der Waals surface area contributed by atoms with Gasteiger partial charge in [0, 0.05) is 39.3 Å². The summed E-state index contributed by atoms with van der Waals surface area (Å²) in [7, 11) is -3.97. The predicted molar refractivity (Wildman–Crippen MR) is 117 cm³/mol. The van der Waals surface area contributed by atoms with E-state index in [2.05, 4.69) is 0 Å². The highest BCUT2D eigenvalue weighted by atomic mass is 32.2. The van der Waals surface area contributed by atoms with E-state index in [4.69, 9.17) is 0 Å². The monoisotopic (exact) mass is 457 g/mol. The lowest BCUT2D eigenvalue weighted by Gasteiger charge is -2.37. The highest BCUT2D eigenvalue weighted by Gasteiger charge is 2.34. The van der Waals surface area contributed by atoms with Crippen LogP contribution in [0.3, 0.4) is 0 Å². The first-order valence-electron chi connectivity index (χ1n) is 10.4. The summed E-state index contributed by atoms with van der Waals surface area (Å²) in [6, 6.07) is 12.5. The number of carbonyl (C=O) groups is 2. The van der Waals surface area contributed by atoms with Gasteiger partial charge in [-0.05, 0) is 29.3 Å². The largest absolute Gasteiger partial charge is 0.340 e. The van der Waals surface area contributed by atoms with Gasteiger partial charge in [-0.1, -0.05) is 36.4 Å². The molecule has 2 aromatic rings. The van der Waals surface area contributed by atoms with Crippen molar-refractivity contribution in [1.82, 2.24) is 14.1 Å². The fourth-order valence-corrected chi connectivity index (χ4v) is 5.67. The number of amides is 2. The van der Waals surface area contributed by atoms with Crippen LogP contribution in [0.4, 0.5) is 4.39 Å². The van der Waals surface area contributed by atoms with Gasteiger partial charge in [0.25, 0.3) is 0 Å². The Morgan fingerprint density at radius 1 is 1.00 bits per heavy atom. The molecule has 0 unspecified atom stereocenters. The lowest BCUT2D eigenvalue weighted by molar-refractivity contribution is -0.135. The van der Waals surface area contributed by atoms with Gasteiger partial charge in [-0.3, -0.25) is 9.59 Å². The predicted octanol–water partition coefficient (Wildman–Crippen LogP) is 2.62. The summed E-state index contributed by atoms with van der Waals surface area (Å²) in [4.78, 5) is 28.0. The Labute approximate surface area is 186 Å². The lowest BCUT2D eigenvalue weighted by atomic mass is 9.93. The van der Waals surface area contributed by atoms with Gasteiger partial charge in [-0.2, -0.15) is 4.31 Å². The molecule has 9 heteroatoms. The normalized spacial score (nSPS) is 19.0. The van der Waals surface area contributed by atoms with Gasteiger partial charge in [0.2, 0.25) is 21.8 Å². The van der Waals surface area contributed by atoms with E-state index in [1.54, 1.807) is 16.0 Å². The lowest BCUT2D eigenvalue weighted by Crippen LogP contribution is -2.51. The second kappa shape index (κ2) is 8.84. The molecule has 0 saturated carbocycles. The van der Waals surface area contributed by atoms with Crippen molar-refractivity contribution in [3.05, 3.63) is 71.7 Å². The third kappa shape index (κ3) is 4.18. The molecule has 0 spiro atoms. The Morgan fingerprint density at radius 3 is 2.34 bits per heavy atom. The molecule has 2 aromatic carbocycles. The van der Waals surface area contributed by atoms with Crippen LogP contribution in [0.1, 0.15) is 30.5 Å². The minimum atomic E-state index is -3.97. The maximum absolute atomic E-state index is 14.0. The molecule has 1 saturated heterocycles. The first kappa shape index (κ1) is 22.2. The zero-order valence-corrected chi connectivity index (χ0v) is 18.5. The molecule has 2 heterocycles. The number of nitrogens with zero attached hydrogens (tertiary/aromatic N) is 3. The zero-order valence-electron chi connectivity index (χ0n) is 17.6. The molecule has 0 aliphatic carbocycles. The first-order chi connectivity index (χ1) is 15.3. The van der Waals surface area contributed by atoms with Gasteiger partial charge in [-0.15, -0.1) is 0 Å². The molecule has 168 valence electrons. The third-order valence-corrected chi connectivity index (χ3v) is 7.81. The van der Waals surface area contributed by atoms with Crippen LogP contribution in [0.25, 0.3) is 6.08 Å². The summed E-state index contributed by atoms with van der Waals surface area (Å²) in [6.45, 7) is 2.04. The standard InChI is InChI=1S/C23H24FN3O4S/c1-17(28)27-11-10-18-6-2-3-7-19(18)21(27)16-23(29)25-12-14-26(15-13-25)32(30,31)22-9-5-4-8-20(22)24/h2-11,21H,12-16H2,1H3/t21-/m0/s1. The fraction of sp³-hybridized carbons (Fsp3) is 0.304. The second-order valence-corrected chi connectivity index (χ2v) is 9.71. The van der Waals surface area contributed by atoms with Gasteiger partial charge in [0.05, 0.1) is 12.5 Å². The average molecular weight is 458 g/mol. The molecule has 0 bridgehead atoms. The van der Waals surface area contributed by atoms with Crippen molar-refractivity contribution >= 4 is 27.9 Å². The molecular weight excluding hydrogens is 433 g/mol. The summed E-state index contributed by atoms with van der Waals surface area (Å²) in [5.41, 5.74) is 1.86. The average Bonchev–Trinajstić information content (AvgIpc) is 2.79. The third-order valence-electron chi connectivity index (χ3n) is 5.88. The van der Waals surface area contributed by atoms with Crippen LogP contribution in [-0.2, 0) is 19.6 Å². The summed E-state index contributed by atoms with van der Waals surface area (Å²) >= 11 is 0. The van der Waals surface area contributed by atoms with Crippen molar-refractivity contribution in [3.63, 3.8) is 0 Å². The topological polar surface area (TPSA) is 78.0 Å². The highest BCUT2D eigenvalue weighted by Crippen LogP contribution is 2.33. The van der Waals surface area contributed by atoms with Crippen LogP contribution < -0.4 is 0 Å². The smallest absolute Gasteiger partial charge is 0.246 e. The molecule has 2 aliphatic rings. The van der Waals surface area contributed by atoms with E-state index >= 15 is 0 Å². The molecule has 1 fully saturated rings. The number of fused-ring (bicyclic) bond motifs is 1. The molecule has 4 rings (SSSR count). The fourth-order valence-electron chi connectivity index (χ4n) is 4.18. The van der Waals surface area contributed by atoms with Crippen LogP contribution in [0.5, 0.6) is 0 Å². The van der Waals surface area contributed by atoms with Crippen molar-refractivity contribution < 1.29 is 22.4 Å². The van der Waals surface area contributed by atoms with Crippen molar-refractivity contribution in [2.45, 2.75) is 24.3 Å². The maximum atomic E-state index is 14.0. The van der Waals surface area contributed by atoms with Gasteiger partial charge in [0.1, 0.15) is 10.7 Å². The van der Waals surface area contributed by atoms with E-state index in [9.17, 15) is 22.4 Å². The van der Waals surface area contributed by atoms with E-state index in [-0.39, 0.29) is 49.3 Å². The van der Waals surface area contributed by atoms with Crippen molar-refractivity contribution in [2.24, 2.45) is 0 Å². The molecule has 0 radical (unpaired) electrons. The van der Waals surface area contributed by atoms with Crippen LogP contribution >= 0.6 is 0 Å². The van der Waals surface area contributed by atoms with Crippen molar-refractivity contribution in [2.75, 3.05) is 26.2 Å². The van der Waals surface area contributed by atoms with Gasteiger partial charge in [0.15, 0.2) is 0 Å².